The van der Waals surface area contributed by atoms with Crippen LogP contribution < -0.4 is 10.6 Å². The van der Waals surface area contributed by atoms with Crippen LogP contribution in [0.1, 0.15) is 35.8 Å². The number of carbonyl (C=O) groups excluding carboxylic acids is 1. The largest absolute Gasteiger partial charge is 0.352 e. The van der Waals surface area contributed by atoms with Gasteiger partial charge in [0.05, 0.1) is 11.3 Å². The van der Waals surface area contributed by atoms with Crippen molar-refractivity contribution in [1.29, 1.82) is 0 Å². The molecule has 2 heterocycles. The van der Waals surface area contributed by atoms with E-state index >= 15 is 0 Å². The Bertz CT molecular complexity index is 407. The van der Waals surface area contributed by atoms with E-state index in [2.05, 4.69) is 15.7 Å². The third-order valence-corrected chi connectivity index (χ3v) is 3.44. The molecule has 5 nitrogen and oxygen atoms in total. The fraction of sp³-hybridized carbons (Fsp3) is 0.692. The van der Waals surface area contributed by atoms with E-state index in [1.807, 2.05) is 14.0 Å². The summed E-state index contributed by atoms with van der Waals surface area (Å²) in [7, 11) is 1.85. The molecule has 1 aliphatic heterocycles. The highest BCUT2D eigenvalue weighted by molar-refractivity contribution is 5.95. The predicted octanol–water partition coefficient (Wildman–Crippen LogP) is 0.712. The van der Waals surface area contributed by atoms with E-state index in [4.69, 9.17) is 0 Å². The zero-order valence-electron chi connectivity index (χ0n) is 11.2. The fourth-order valence-corrected chi connectivity index (χ4v) is 2.42. The molecule has 5 heteroatoms. The smallest absolute Gasteiger partial charge is 0.254 e. The van der Waals surface area contributed by atoms with Crippen molar-refractivity contribution in [2.75, 3.05) is 19.6 Å². The molecule has 1 fully saturated rings. The molecule has 2 N–H and O–H groups in total. The second kappa shape index (κ2) is 6.00. The van der Waals surface area contributed by atoms with Crippen LogP contribution in [0.3, 0.4) is 0 Å². The van der Waals surface area contributed by atoms with Crippen LogP contribution in [0.15, 0.2) is 6.20 Å². The van der Waals surface area contributed by atoms with Gasteiger partial charge in [0.1, 0.15) is 0 Å². The van der Waals surface area contributed by atoms with Gasteiger partial charge in [-0.05, 0) is 38.3 Å². The average molecular weight is 250 g/mol. The molecule has 1 aromatic heterocycles. The van der Waals surface area contributed by atoms with Gasteiger partial charge in [-0.1, -0.05) is 6.92 Å². The van der Waals surface area contributed by atoms with E-state index in [1.54, 1.807) is 10.9 Å². The Hall–Kier alpha value is -1.36. The van der Waals surface area contributed by atoms with Crippen molar-refractivity contribution in [2.45, 2.75) is 26.2 Å². The summed E-state index contributed by atoms with van der Waals surface area (Å²) >= 11 is 0. The van der Waals surface area contributed by atoms with Gasteiger partial charge in [0, 0.05) is 19.8 Å². The molecule has 1 aliphatic rings. The minimum Gasteiger partial charge on any atom is -0.352 e. The van der Waals surface area contributed by atoms with Crippen LogP contribution in [-0.4, -0.2) is 35.3 Å². The predicted molar refractivity (Wildman–Crippen MR) is 70.5 cm³/mol. The Morgan fingerprint density at radius 3 is 3.17 bits per heavy atom. The van der Waals surface area contributed by atoms with Gasteiger partial charge >= 0.3 is 0 Å². The number of aromatic nitrogens is 2. The summed E-state index contributed by atoms with van der Waals surface area (Å²) in [4.78, 5) is 12.1. The maximum atomic E-state index is 12.1. The number of piperidine rings is 1. The van der Waals surface area contributed by atoms with Gasteiger partial charge in [-0.15, -0.1) is 0 Å². The normalized spacial score (nSPS) is 19.8. The first-order valence-electron chi connectivity index (χ1n) is 6.72. The number of rotatable bonds is 4. The van der Waals surface area contributed by atoms with Gasteiger partial charge in [-0.25, -0.2) is 0 Å². The topological polar surface area (TPSA) is 59.0 Å². The molecule has 0 saturated carbocycles. The SMILES string of the molecule is CCc1nn(C)cc1C(=O)NCC1CCCNC1. The molecule has 0 spiro atoms. The molecule has 0 bridgehead atoms. The van der Waals surface area contributed by atoms with Crippen molar-refractivity contribution >= 4 is 5.91 Å². The number of carbonyl (C=O) groups is 1. The summed E-state index contributed by atoms with van der Waals surface area (Å²) in [5.74, 6) is 0.565. The Morgan fingerprint density at radius 1 is 1.67 bits per heavy atom. The fourth-order valence-electron chi connectivity index (χ4n) is 2.42. The van der Waals surface area contributed by atoms with E-state index in [1.165, 1.54) is 12.8 Å². The lowest BCUT2D eigenvalue weighted by atomic mass is 9.99. The van der Waals surface area contributed by atoms with Crippen molar-refractivity contribution in [3.05, 3.63) is 17.5 Å². The van der Waals surface area contributed by atoms with Crippen molar-refractivity contribution < 1.29 is 4.79 Å². The first kappa shape index (κ1) is 13.1. The summed E-state index contributed by atoms with van der Waals surface area (Å²) in [5, 5.41) is 10.7. The van der Waals surface area contributed by atoms with E-state index < -0.39 is 0 Å². The van der Waals surface area contributed by atoms with Crippen LogP contribution in [0, 0.1) is 5.92 Å². The third-order valence-electron chi connectivity index (χ3n) is 3.44. The van der Waals surface area contributed by atoms with Crippen LogP contribution in [0.2, 0.25) is 0 Å². The molecule has 2 rings (SSSR count). The molecular formula is C13H22N4O. The van der Waals surface area contributed by atoms with Gasteiger partial charge in [-0.2, -0.15) is 5.10 Å². The number of hydrogen-bond acceptors (Lipinski definition) is 3. The Labute approximate surface area is 108 Å². The highest BCUT2D eigenvalue weighted by atomic mass is 16.1. The van der Waals surface area contributed by atoms with E-state index in [-0.39, 0.29) is 5.91 Å². The lowest BCUT2D eigenvalue weighted by Crippen LogP contribution is -2.38. The molecule has 18 heavy (non-hydrogen) atoms. The van der Waals surface area contributed by atoms with E-state index in [0.29, 0.717) is 11.5 Å². The molecule has 1 aromatic rings. The molecule has 1 atom stereocenters. The summed E-state index contributed by atoms with van der Waals surface area (Å²) in [5.41, 5.74) is 1.58. The van der Waals surface area contributed by atoms with Crippen LogP contribution in [0.4, 0.5) is 0 Å². The highest BCUT2D eigenvalue weighted by Crippen LogP contribution is 2.10. The van der Waals surface area contributed by atoms with Crippen LogP contribution >= 0.6 is 0 Å². The van der Waals surface area contributed by atoms with Crippen molar-refractivity contribution in [3.63, 3.8) is 0 Å². The molecular weight excluding hydrogens is 228 g/mol. The Balaban J connectivity index is 1.90. The molecule has 0 aromatic carbocycles. The molecule has 1 amide bonds. The first-order valence-corrected chi connectivity index (χ1v) is 6.72. The third kappa shape index (κ3) is 3.10. The van der Waals surface area contributed by atoms with Crippen LogP contribution in [0.25, 0.3) is 0 Å². The zero-order valence-corrected chi connectivity index (χ0v) is 11.2. The number of nitrogens with zero attached hydrogens (tertiary/aromatic N) is 2. The summed E-state index contributed by atoms with van der Waals surface area (Å²) in [6.45, 7) is 4.88. The number of amides is 1. The van der Waals surface area contributed by atoms with Crippen LogP contribution in [0.5, 0.6) is 0 Å². The van der Waals surface area contributed by atoms with Gasteiger partial charge in [0.15, 0.2) is 0 Å². The monoisotopic (exact) mass is 250 g/mol. The van der Waals surface area contributed by atoms with Crippen molar-refractivity contribution in [3.8, 4) is 0 Å². The molecule has 0 aliphatic carbocycles. The quantitative estimate of drug-likeness (QED) is 0.827. The second-order valence-electron chi connectivity index (χ2n) is 4.94. The number of aryl methyl sites for hydroxylation is 2. The minimum absolute atomic E-state index is 0.00511. The molecule has 1 unspecified atom stereocenters. The molecule has 0 radical (unpaired) electrons. The second-order valence-corrected chi connectivity index (χ2v) is 4.94. The van der Waals surface area contributed by atoms with Gasteiger partial charge in [0.2, 0.25) is 0 Å². The first-order chi connectivity index (χ1) is 8.70. The minimum atomic E-state index is 0.00511. The maximum Gasteiger partial charge on any atom is 0.254 e. The maximum absolute atomic E-state index is 12.1. The Kier molecular flexibility index (Phi) is 4.36. The average Bonchev–Trinajstić information content (AvgIpc) is 2.78. The standard InChI is InChI=1S/C13H22N4O/c1-3-12-11(9-17(2)16-12)13(18)15-8-10-5-4-6-14-7-10/h9-10,14H,3-8H2,1-2H3,(H,15,18). The van der Waals surface area contributed by atoms with E-state index in [9.17, 15) is 4.79 Å². The number of nitrogens with one attached hydrogen (secondary N) is 2. The van der Waals surface area contributed by atoms with Crippen molar-refractivity contribution in [2.24, 2.45) is 13.0 Å². The Morgan fingerprint density at radius 2 is 2.50 bits per heavy atom. The summed E-state index contributed by atoms with van der Waals surface area (Å²) in [6.07, 6.45) is 4.98. The summed E-state index contributed by atoms with van der Waals surface area (Å²) < 4.78 is 1.70. The molecule has 100 valence electrons. The van der Waals surface area contributed by atoms with Gasteiger partial charge in [-0.3, -0.25) is 9.48 Å². The molecule has 1 saturated heterocycles. The lowest BCUT2D eigenvalue weighted by molar-refractivity contribution is 0.0944. The van der Waals surface area contributed by atoms with Crippen molar-refractivity contribution in [1.82, 2.24) is 20.4 Å². The summed E-state index contributed by atoms with van der Waals surface area (Å²) in [6, 6.07) is 0. The van der Waals surface area contributed by atoms with E-state index in [0.717, 1.165) is 31.7 Å². The highest BCUT2D eigenvalue weighted by Gasteiger charge is 2.17. The zero-order chi connectivity index (χ0) is 13.0. The van der Waals surface area contributed by atoms with Gasteiger partial charge in [0.25, 0.3) is 5.91 Å². The number of hydrogen-bond donors (Lipinski definition) is 2. The van der Waals surface area contributed by atoms with Crippen LogP contribution in [-0.2, 0) is 13.5 Å². The lowest BCUT2D eigenvalue weighted by Gasteiger charge is -2.22. The van der Waals surface area contributed by atoms with Gasteiger partial charge < -0.3 is 10.6 Å².